The molecular weight excluding hydrogens is 458 g/mol. The molecule has 0 aromatic heterocycles. The van der Waals surface area contributed by atoms with Gasteiger partial charge in [-0.15, -0.1) is 0 Å². The number of methoxy groups -OCH3 is 1. The van der Waals surface area contributed by atoms with E-state index in [1.54, 1.807) is 19.2 Å². The molecule has 2 aromatic rings. The second-order valence-corrected chi connectivity index (χ2v) is 9.90. The molecule has 0 radical (unpaired) electrons. The van der Waals surface area contributed by atoms with Gasteiger partial charge >= 0.3 is 0 Å². The number of likely N-dealkylation sites (tertiary alicyclic amines) is 1. The van der Waals surface area contributed by atoms with Gasteiger partial charge in [0.2, 0.25) is 0 Å². The van der Waals surface area contributed by atoms with Gasteiger partial charge in [0.15, 0.2) is 0 Å². The highest BCUT2D eigenvalue weighted by molar-refractivity contribution is 6.46. The van der Waals surface area contributed by atoms with Crippen molar-refractivity contribution < 1.29 is 28.9 Å². The van der Waals surface area contributed by atoms with Crippen LogP contribution in [0, 0.1) is 5.92 Å². The summed E-state index contributed by atoms with van der Waals surface area (Å²) in [7, 11) is 1.60. The van der Waals surface area contributed by atoms with Crippen molar-refractivity contribution >= 4 is 17.4 Å². The van der Waals surface area contributed by atoms with E-state index in [2.05, 4.69) is 13.8 Å². The van der Waals surface area contributed by atoms with Gasteiger partial charge in [-0.1, -0.05) is 26.0 Å². The Bertz CT molecular complexity index is 1150. The SMILES string of the molecule is COCCCN1C(=O)C(=O)/C(=C(/O)c2ccc3c(c2)C[C@H](C)O3)[C@H]1c1cccc(OCCC(C)C)c1. The van der Waals surface area contributed by atoms with Crippen LogP contribution in [-0.2, 0) is 20.7 Å². The number of aliphatic hydroxyl groups excluding tert-OH is 1. The van der Waals surface area contributed by atoms with E-state index >= 15 is 0 Å². The van der Waals surface area contributed by atoms with Gasteiger partial charge in [-0.05, 0) is 67.1 Å². The largest absolute Gasteiger partial charge is 0.507 e. The Balaban J connectivity index is 1.74. The first kappa shape index (κ1) is 25.8. The highest BCUT2D eigenvalue weighted by Gasteiger charge is 2.46. The topological polar surface area (TPSA) is 85.3 Å². The van der Waals surface area contributed by atoms with Crippen LogP contribution in [0.4, 0.5) is 0 Å². The first-order valence-electron chi connectivity index (χ1n) is 12.6. The number of ether oxygens (including phenoxy) is 3. The minimum Gasteiger partial charge on any atom is -0.507 e. The molecule has 2 atom stereocenters. The van der Waals surface area contributed by atoms with Crippen LogP contribution in [0.3, 0.4) is 0 Å². The van der Waals surface area contributed by atoms with Gasteiger partial charge in [0.1, 0.15) is 23.4 Å². The predicted molar refractivity (Wildman–Crippen MR) is 137 cm³/mol. The van der Waals surface area contributed by atoms with Crippen LogP contribution in [0.1, 0.15) is 56.3 Å². The summed E-state index contributed by atoms with van der Waals surface area (Å²) in [6.45, 7) is 7.62. The van der Waals surface area contributed by atoms with E-state index in [0.29, 0.717) is 49.0 Å². The molecule has 0 spiro atoms. The molecule has 7 heteroatoms. The van der Waals surface area contributed by atoms with E-state index in [9.17, 15) is 14.7 Å². The van der Waals surface area contributed by atoms with Gasteiger partial charge in [-0.3, -0.25) is 9.59 Å². The van der Waals surface area contributed by atoms with Crippen LogP contribution >= 0.6 is 0 Å². The summed E-state index contributed by atoms with van der Waals surface area (Å²) in [4.78, 5) is 27.9. The molecule has 1 saturated heterocycles. The van der Waals surface area contributed by atoms with Gasteiger partial charge in [-0.2, -0.15) is 0 Å². The molecule has 2 aromatic carbocycles. The van der Waals surface area contributed by atoms with Crippen LogP contribution in [0.25, 0.3) is 5.76 Å². The van der Waals surface area contributed by atoms with Gasteiger partial charge in [0, 0.05) is 32.2 Å². The Morgan fingerprint density at radius 2 is 1.97 bits per heavy atom. The van der Waals surface area contributed by atoms with Crippen molar-refractivity contribution in [3.05, 3.63) is 64.7 Å². The lowest BCUT2D eigenvalue weighted by molar-refractivity contribution is -0.140. The third-order valence-corrected chi connectivity index (χ3v) is 6.59. The summed E-state index contributed by atoms with van der Waals surface area (Å²) >= 11 is 0. The van der Waals surface area contributed by atoms with Gasteiger partial charge in [-0.25, -0.2) is 0 Å². The molecule has 0 aliphatic carbocycles. The van der Waals surface area contributed by atoms with Crippen molar-refractivity contribution in [3.63, 3.8) is 0 Å². The number of benzene rings is 2. The van der Waals surface area contributed by atoms with E-state index < -0.39 is 17.7 Å². The normalized spacial score (nSPS) is 20.6. The average Bonchev–Trinajstić information content (AvgIpc) is 3.34. The maximum Gasteiger partial charge on any atom is 0.295 e. The first-order valence-corrected chi connectivity index (χ1v) is 12.6. The molecule has 2 aliphatic rings. The lowest BCUT2D eigenvalue weighted by atomic mass is 9.94. The number of Topliss-reactive ketones (excluding diaryl/α,β-unsaturated/α-hetero) is 1. The maximum absolute atomic E-state index is 13.3. The standard InChI is InChI=1S/C29H35NO6/c1-18(2)11-14-35-23-8-5-7-20(17-23)26-25(28(32)29(33)30(26)12-6-13-34-4)27(31)21-9-10-24-22(16-21)15-19(3)36-24/h5,7-10,16-19,26,31H,6,11-15H2,1-4H3/b27-25+/t19-,26+/m0/s1. The molecule has 0 unspecified atom stereocenters. The zero-order valence-corrected chi connectivity index (χ0v) is 21.5. The number of hydrogen-bond acceptors (Lipinski definition) is 6. The lowest BCUT2D eigenvalue weighted by Gasteiger charge is -2.25. The summed E-state index contributed by atoms with van der Waals surface area (Å²) in [5.74, 6) is 0.469. The second kappa shape index (κ2) is 11.2. The Morgan fingerprint density at radius 3 is 2.72 bits per heavy atom. The Hall–Kier alpha value is -3.32. The highest BCUT2D eigenvalue weighted by Crippen LogP contribution is 2.41. The minimum atomic E-state index is -0.723. The third-order valence-electron chi connectivity index (χ3n) is 6.59. The Kier molecular flexibility index (Phi) is 7.99. The number of rotatable bonds is 10. The Morgan fingerprint density at radius 1 is 1.17 bits per heavy atom. The molecule has 192 valence electrons. The minimum absolute atomic E-state index is 0.0576. The van der Waals surface area contributed by atoms with Crippen molar-refractivity contribution in [1.29, 1.82) is 0 Å². The van der Waals surface area contributed by atoms with E-state index in [1.165, 1.54) is 4.90 Å². The van der Waals surface area contributed by atoms with Crippen LogP contribution in [-0.4, -0.2) is 54.7 Å². The molecule has 2 heterocycles. The van der Waals surface area contributed by atoms with Crippen LogP contribution < -0.4 is 9.47 Å². The molecule has 36 heavy (non-hydrogen) atoms. The van der Waals surface area contributed by atoms with Crippen molar-refractivity contribution in [3.8, 4) is 11.5 Å². The van der Waals surface area contributed by atoms with E-state index in [-0.39, 0.29) is 17.4 Å². The van der Waals surface area contributed by atoms with Crippen molar-refractivity contribution in [2.24, 2.45) is 5.92 Å². The van der Waals surface area contributed by atoms with Gasteiger partial charge in [0.05, 0.1) is 18.2 Å². The van der Waals surface area contributed by atoms with Crippen molar-refractivity contribution in [2.45, 2.75) is 52.2 Å². The fourth-order valence-corrected chi connectivity index (χ4v) is 4.75. The first-order chi connectivity index (χ1) is 17.3. The zero-order chi connectivity index (χ0) is 25.8. The van der Waals surface area contributed by atoms with E-state index in [4.69, 9.17) is 14.2 Å². The van der Waals surface area contributed by atoms with Gasteiger partial charge in [0.25, 0.3) is 11.7 Å². The van der Waals surface area contributed by atoms with Crippen LogP contribution in [0.2, 0.25) is 0 Å². The number of aliphatic hydroxyl groups is 1. The summed E-state index contributed by atoms with van der Waals surface area (Å²) in [5.41, 5.74) is 2.27. The maximum atomic E-state index is 13.3. The monoisotopic (exact) mass is 493 g/mol. The average molecular weight is 494 g/mol. The van der Waals surface area contributed by atoms with Gasteiger partial charge < -0.3 is 24.2 Å². The van der Waals surface area contributed by atoms with Crippen LogP contribution in [0.5, 0.6) is 11.5 Å². The van der Waals surface area contributed by atoms with Crippen molar-refractivity contribution in [2.75, 3.05) is 26.9 Å². The van der Waals surface area contributed by atoms with E-state index in [1.807, 2.05) is 37.3 Å². The molecule has 1 N–H and O–H groups in total. The third kappa shape index (κ3) is 5.41. The molecule has 4 rings (SSSR count). The molecule has 0 bridgehead atoms. The number of nitrogens with zero attached hydrogens (tertiary/aromatic N) is 1. The molecular formula is C29H35NO6. The number of hydrogen-bond donors (Lipinski definition) is 1. The molecule has 0 saturated carbocycles. The molecule has 7 nitrogen and oxygen atoms in total. The number of ketones is 1. The number of amides is 1. The smallest absolute Gasteiger partial charge is 0.295 e. The number of carbonyl (C=O) groups is 2. The van der Waals surface area contributed by atoms with Crippen molar-refractivity contribution in [1.82, 2.24) is 4.90 Å². The zero-order valence-electron chi connectivity index (χ0n) is 21.5. The lowest BCUT2D eigenvalue weighted by Crippen LogP contribution is -2.31. The second-order valence-electron chi connectivity index (χ2n) is 9.90. The summed E-state index contributed by atoms with van der Waals surface area (Å²) in [6.07, 6.45) is 2.27. The fraction of sp³-hybridized carbons (Fsp3) is 0.448. The molecule has 1 amide bonds. The molecule has 2 aliphatic heterocycles. The molecule has 1 fully saturated rings. The van der Waals surface area contributed by atoms with E-state index in [0.717, 1.165) is 24.2 Å². The summed E-state index contributed by atoms with van der Waals surface area (Å²) < 4.78 is 16.9. The highest BCUT2D eigenvalue weighted by atomic mass is 16.5. The van der Waals surface area contributed by atoms with Crippen LogP contribution in [0.15, 0.2) is 48.0 Å². The summed E-state index contributed by atoms with van der Waals surface area (Å²) in [6, 6.07) is 12.1. The quantitative estimate of drug-likeness (QED) is 0.219. The summed E-state index contributed by atoms with van der Waals surface area (Å²) in [5, 5.41) is 11.4. The number of fused-ring (bicyclic) bond motifs is 1. The predicted octanol–water partition coefficient (Wildman–Crippen LogP) is 4.89. The number of carbonyl (C=O) groups excluding carboxylic acids is 2. The Labute approximate surface area is 212 Å². The fourth-order valence-electron chi connectivity index (χ4n) is 4.75.